The largest absolute Gasteiger partial charge is 0.394 e. The summed E-state index contributed by atoms with van der Waals surface area (Å²) in [6.45, 7) is -3.37. The fraction of sp³-hybridized carbons (Fsp3) is 0.937. The lowest BCUT2D eigenvalue weighted by molar-refractivity contribution is -0.395. The smallest absolute Gasteiger partial charge is 0.238 e. The van der Waals surface area contributed by atoms with Gasteiger partial charge in [-0.2, -0.15) is 48.8 Å². The molecule has 14 unspecified atom stereocenters. The van der Waals surface area contributed by atoms with Crippen molar-refractivity contribution < 1.29 is 192 Å². The van der Waals surface area contributed by atoms with E-state index in [0.29, 0.717) is 5.75 Å². The number of carbonyl (C=O) groups excluding carboxylic acids is 4. The molecule has 0 aromatic rings. The van der Waals surface area contributed by atoms with Crippen molar-refractivity contribution in [3.8, 4) is 0 Å². The van der Waals surface area contributed by atoms with Crippen LogP contribution in [0.4, 0.5) is 0 Å². The molecular formula is C63H107N3O39S4. The zero-order valence-electron chi connectivity index (χ0n) is 59.4. The van der Waals surface area contributed by atoms with Gasteiger partial charge in [0.25, 0.3) is 0 Å². The Hall–Kier alpha value is -1.76. The average molecular weight is 1660 g/mol. The van der Waals surface area contributed by atoms with Crippen LogP contribution in [0.5, 0.6) is 0 Å². The van der Waals surface area contributed by atoms with Gasteiger partial charge in [-0.1, -0.05) is 0 Å². The van der Waals surface area contributed by atoms with Gasteiger partial charge < -0.3 is 189 Å². The highest BCUT2D eigenvalue weighted by Crippen LogP contribution is 2.40. The van der Waals surface area contributed by atoms with Crippen LogP contribution in [0.2, 0.25) is 0 Å². The van der Waals surface area contributed by atoms with Gasteiger partial charge in [0.1, 0.15) is 170 Å². The van der Waals surface area contributed by atoms with E-state index < -0.39 is 278 Å². The Morgan fingerprint density at radius 3 is 0.908 bits per heavy atom. The van der Waals surface area contributed by atoms with Crippen LogP contribution < -0.4 is 16.0 Å². The van der Waals surface area contributed by atoms with Crippen molar-refractivity contribution in [3.05, 3.63) is 0 Å². The van der Waals surface area contributed by atoms with E-state index in [-0.39, 0.29) is 93.3 Å². The maximum Gasteiger partial charge on any atom is 0.238 e. The third-order valence-electron chi connectivity index (χ3n) is 19.4. The quantitative estimate of drug-likeness (QED) is 0.0226. The lowest BCUT2D eigenvalue weighted by Crippen LogP contribution is -2.68. The number of likely N-dealkylation sites (N-methyl/N-ethyl adjacent to an activating group) is 1. The molecule has 0 radical (unpaired) electrons. The van der Waals surface area contributed by atoms with Crippen LogP contribution in [0.25, 0.3) is 0 Å². The molecule has 632 valence electrons. The summed E-state index contributed by atoms with van der Waals surface area (Å²) >= 11 is 10.2. The number of aliphatic hydroxyl groups excluding tert-OH is 19. The van der Waals surface area contributed by atoms with Crippen molar-refractivity contribution >= 4 is 72.2 Å². The Bertz CT molecular complexity index is 2740. The monoisotopic (exact) mass is 1660 g/mol. The van der Waals surface area contributed by atoms with Crippen LogP contribution in [0.1, 0.15) is 26.2 Å². The molecule has 46 heteroatoms. The van der Waals surface area contributed by atoms with Gasteiger partial charge in [0.05, 0.1) is 83.6 Å². The molecule has 0 aliphatic carbocycles. The van der Waals surface area contributed by atoms with Gasteiger partial charge in [0.2, 0.25) is 11.8 Å². The Labute approximate surface area is 644 Å². The number of rotatable bonds is 31. The number of amides is 2. The van der Waals surface area contributed by atoms with Gasteiger partial charge in [-0.25, -0.2) is 0 Å². The fourth-order valence-corrected chi connectivity index (χ4v) is 15.9. The predicted octanol–water partition coefficient (Wildman–Crippen LogP) is -13.1. The molecule has 21 aliphatic rings. The lowest BCUT2D eigenvalue weighted by Gasteiger charge is -2.50. The van der Waals surface area contributed by atoms with Crippen LogP contribution >= 0.6 is 48.8 Å². The van der Waals surface area contributed by atoms with Gasteiger partial charge in [-0.3, -0.25) is 19.2 Å². The van der Waals surface area contributed by atoms with Crippen molar-refractivity contribution in [3.63, 3.8) is 0 Å². The molecule has 14 bridgehead atoms. The summed E-state index contributed by atoms with van der Waals surface area (Å²) in [5, 5.41) is 227. The molecular weight excluding hydrogens is 1550 g/mol. The van der Waals surface area contributed by atoms with E-state index in [1.807, 2.05) is 0 Å². The number of ketones is 2. The van der Waals surface area contributed by atoms with Gasteiger partial charge >= 0.3 is 0 Å². The van der Waals surface area contributed by atoms with Crippen LogP contribution in [0, 0.1) is 5.92 Å². The molecule has 21 heterocycles. The summed E-state index contributed by atoms with van der Waals surface area (Å²) in [5.74, 6) is -2.89. The van der Waals surface area contributed by atoms with E-state index >= 15 is 0 Å². The molecule has 21 fully saturated rings. The number of thiol groups is 2. The Morgan fingerprint density at radius 1 is 0.367 bits per heavy atom. The van der Waals surface area contributed by atoms with Crippen LogP contribution in [0.3, 0.4) is 0 Å². The van der Waals surface area contributed by atoms with E-state index in [1.54, 1.807) is 0 Å². The zero-order valence-corrected chi connectivity index (χ0v) is 62.8. The maximum atomic E-state index is 13.7. The van der Waals surface area contributed by atoms with Crippen LogP contribution in [0.15, 0.2) is 0 Å². The van der Waals surface area contributed by atoms with Crippen molar-refractivity contribution in [1.82, 2.24) is 16.0 Å². The fourth-order valence-electron chi connectivity index (χ4n) is 13.3. The second-order valence-electron chi connectivity index (χ2n) is 27.1. The zero-order chi connectivity index (χ0) is 79.7. The topological polar surface area (TPSA) is 636 Å². The van der Waals surface area contributed by atoms with Crippen LogP contribution in [-0.4, -0.2) is 456 Å². The molecule has 109 heavy (non-hydrogen) atoms. The number of hydrogen-bond acceptors (Lipinski definition) is 44. The first-order chi connectivity index (χ1) is 52.1. The van der Waals surface area contributed by atoms with E-state index in [1.165, 1.54) is 14.0 Å². The summed E-state index contributed by atoms with van der Waals surface area (Å²) in [6.07, 6.45) is -72.0. The molecule has 21 saturated heterocycles. The SMILES string of the molecule is CN[C@H](CSCC1O[C@H]2O[C@@H]3C(CO)O[C@H](O[C@@H]4C(CO)O[C@H](O[C@@H]5C(CO)O[C@H](O[C@@H]6C(CSC[C@@H](CC(=O)CCOCCOCCC(C)=O)C(=O)NCCS)O[C@H](O[C@@H]7C(CO)O[C@@H](O[C@@H]8C(CO)O[C@@H](O[C@H]1C(O)[C@@H]2O)C(O)[C@H]8O)[C@@H](O)C7O)C(O)[C@H]6O)C(O)[C@H]5O)[C@@H](O)C4O)[C@@H](O)C3O)C(=O)NCCS. The number of nitrogens with one attached hydrogen (secondary N) is 3. The van der Waals surface area contributed by atoms with Crippen LogP contribution in [-0.2, 0) is 95.0 Å². The minimum absolute atomic E-state index is 0.0103. The van der Waals surface area contributed by atoms with E-state index in [4.69, 9.17) is 75.8 Å². The minimum Gasteiger partial charge on any atom is -0.394 e. The normalized spacial score (nSPS) is 43.0. The molecule has 0 spiro atoms. The Balaban J connectivity index is 1.09. The predicted molar refractivity (Wildman–Crippen MR) is 370 cm³/mol. The number of carbonyl (C=O) groups is 4. The summed E-state index contributed by atoms with van der Waals surface area (Å²) in [7, 11) is 1.50. The first kappa shape index (κ1) is 92.7. The molecule has 21 aliphatic heterocycles. The highest BCUT2D eigenvalue weighted by molar-refractivity contribution is 7.99. The first-order valence-electron chi connectivity index (χ1n) is 35.6. The third-order valence-corrected chi connectivity index (χ3v) is 22.2. The molecule has 42 nitrogen and oxygen atoms in total. The Morgan fingerprint density at radius 2 is 0.633 bits per heavy atom. The van der Waals surface area contributed by atoms with E-state index in [9.17, 15) is 116 Å². The van der Waals surface area contributed by atoms with Gasteiger partial charge in [0.15, 0.2) is 44.0 Å². The molecule has 22 N–H and O–H groups in total. The van der Waals surface area contributed by atoms with Crippen molar-refractivity contribution in [2.75, 3.05) is 114 Å². The molecule has 2 amide bonds. The standard InChI is InChI=1S/C63H107N3O39S4/c1-23(72)3-7-90-9-10-91-8-4-25(73)13-24(55(88)65-5-11-106)19-108-21-32-53-39(79)46(86)62(97-32)102-51-30(17-70)93-59(42(82)35(51)75)101-50-29(16-69)96-61(45(85)38(50)78)105-54-33(22-109-20-26(64-2)56(89)66-6-12-107)98-63(47(87)40(54)80)103-52-31(18-71)94-58(43(83)36(52)76)99-48-27(14-67)92-57(41(81)34(48)74)100-49-28(15-68)95-60(104-53)44(84)37(49)77/h24,26-54,57-64,67-71,74-87,106-107H,3-22H2,1-2H3,(H,65,88)(H,66,89)/t24-,26-,27?,28?,29?,30?,31?,32?,33?,34?,35?,36?,37-,38-,39-,40?,41+,42+,43+,44?,45?,46?,47+,48-,49-,50-,51-,52-,53-,54-,57-,58-,59+,60-,61+,62-,63+/m1/s1. The maximum absolute atomic E-state index is 13.7. The highest BCUT2D eigenvalue weighted by Gasteiger charge is 2.60. The van der Waals surface area contributed by atoms with Crippen molar-refractivity contribution in [2.45, 2.75) is 247 Å². The van der Waals surface area contributed by atoms with E-state index in [0.717, 1.165) is 23.5 Å². The number of thioether (sulfide) groups is 2. The average Bonchev–Trinajstić information content (AvgIpc) is 0.804. The summed E-state index contributed by atoms with van der Waals surface area (Å²) in [5.41, 5.74) is 0. The lowest BCUT2D eigenvalue weighted by atomic mass is 9.95. The number of ether oxygens (including phenoxy) is 16. The third kappa shape index (κ3) is 23.6. The molecule has 0 saturated carbocycles. The molecule has 37 atom stereocenters. The molecule has 0 aromatic carbocycles. The van der Waals surface area contributed by atoms with Gasteiger partial charge in [0, 0.05) is 66.9 Å². The summed E-state index contributed by atoms with van der Waals surface area (Å²) in [6, 6.07) is -0.860. The summed E-state index contributed by atoms with van der Waals surface area (Å²) < 4.78 is 94.6. The molecule has 21 rings (SSSR count). The summed E-state index contributed by atoms with van der Waals surface area (Å²) in [4.78, 5) is 51.3. The second kappa shape index (κ2) is 44.7. The van der Waals surface area contributed by atoms with Crippen molar-refractivity contribution in [1.29, 1.82) is 0 Å². The number of hydrogen-bond donors (Lipinski definition) is 24. The minimum atomic E-state index is -2.29. The van der Waals surface area contributed by atoms with Gasteiger partial charge in [-0.05, 0) is 14.0 Å². The van der Waals surface area contributed by atoms with Gasteiger partial charge in [-0.15, -0.1) is 0 Å². The number of Topliss-reactive ketones (excluding diaryl/α,β-unsaturated/α-hetero) is 2. The number of aliphatic hydroxyl groups is 19. The molecule has 0 aromatic heterocycles. The Kier molecular flexibility index (Phi) is 38.0. The first-order valence-corrected chi connectivity index (χ1v) is 39.2. The van der Waals surface area contributed by atoms with E-state index in [2.05, 4.69) is 41.2 Å². The van der Waals surface area contributed by atoms with Crippen molar-refractivity contribution in [2.24, 2.45) is 5.92 Å². The highest BCUT2D eigenvalue weighted by atomic mass is 32.2. The second-order valence-corrected chi connectivity index (χ2v) is 30.1.